The van der Waals surface area contributed by atoms with Gasteiger partial charge < -0.3 is 9.84 Å². The number of rotatable bonds is 4. The number of aromatic carboxylic acids is 1. The number of hydrogen-bond donors (Lipinski definition) is 1. The minimum atomic E-state index is -1.05. The lowest BCUT2D eigenvalue weighted by Gasteiger charge is -2.07. The molecule has 0 bridgehead atoms. The largest absolute Gasteiger partial charge is 0.477 e. The highest BCUT2D eigenvalue weighted by Crippen LogP contribution is 2.18. The SMILES string of the molecule is C#CCCOc1nccc(C)c1C(=O)O. The number of aryl methyl sites for hydroxylation is 1. The molecule has 0 atom stereocenters. The number of nitrogens with zero attached hydrogens (tertiary/aromatic N) is 1. The quantitative estimate of drug-likeness (QED) is 0.597. The highest BCUT2D eigenvalue weighted by atomic mass is 16.5. The van der Waals surface area contributed by atoms with Crippen LogP contribution >= 0.6 is 0 Å². The third kappa shape index (κ3) is 2.71. The van der Waals surface area contributed by atoms with E-state index < -0.39 is 5.97 Å². The van der Waals surface area contributed by atoms with Crippen LogP contribution in [-0.4, -0.2) is 22.7 Å². The second kappa shape index (κ2) is 5.01. The van der Waals surface area contributed by atoms with Gasteiger partial charge >= 0.3 is 5.97 Å². The van der Waals surface area contributed by atoms with Crippen molar-refractivity contribution in [3.63, 3.8) is 0 Å². The van der Waals surface area contributed by atoms with Crippen LogP contribution in [0.2, 0.25) is 0 Å². The minimum Gasteiger partial charge on any atom is -0.477 e. The molecule has 0 saturated heterocycles. The predicted molar refractivity (Wildman–Crippen MR) is 54.9 cm³/mol. The molecule has 1 aromatic heterocycles. The fraction of sp³-hybridized carbons (Fsp3) is 0.273. The molecule has 78 valence electrons. The first-order chi connectivity index (χ1) is 7.16. The van der Waals surface area contributed by atoms with E-state index in [9.17, 15) is 4.79 Å². The summed E-state index contributed by atoms with van der Waals surface area (Å²) in [5, 5.41) is 8.94. The van der Waals surface area contributed by atoms with Gasteiger partial charge in [0.2, 0.25) is 5.88 Å². The molecule has 0 amide bonds. The average molecular weight is 205 g/mol. The molecule has 0 saturated carbocycles. The molecule has 15 heavy (non-hydrogen) atoms. The van der Waals surface area contributed by atoms with Crippen molar-refractivity contribution in [3.05, 3.63) is 23.4 Å². The second-order valence-corrected chi connectivity index (χ2v) is 2.92. The fourth-order valence-electron chi connectivity index (χ4n) is 1.11. The molecule has 0 spiro atoms. The van der Waals surface area contributed by atoms with E-state index in [1.807, 2.05) is 0 Å². The van der Waals surface area contributed by atoms with Gasteiger partial charge in [0.25, 0.3) is 0 Å². The summed E-state index contributed by atoms with van der Waals surface area (Å²) in [7, 11) is 0. The van der Waals surface area contributed by atoms with Gasteiger partial charge in [-0.15, -0.1) is 12.3 Å². The number of carbonyl (C=O) groups is 1. The second-order valence-electron chi connectivity index (χ2n) is 2.92. The Bertz CT molecular complexity index is 407. The standard InChI is InChI=1S/C11H11NO3/c1-3-4-7-15-10-9(11(13)14)8(2)5-6-12-10/h1,5-6H,4,7H2,2H3,(H,13,14). The van der Waals surface area contributed by atoms with E-state index in [0.29, 0.717) is 12.0 Å². The van der Waals surface area contributed by atoms with E-state index in [4.69, 9.17) is 16.3 Å². The van der Waals surface area contributed by atoms with Gasteiger partial charge in [-0.2, -0.15) is 0 Å². The van der Waals surface area contributed by atoms with E-state index in [2.05, 4.69) is 10.9 Å². The Morgan fingerprint density at radius 2 is 2.47 bits per heavy atom. The van der Waals surface area contributed by atoms with Gasteiger partial charge in [0.1, 0.15) is 12.2 Å². The third-order valence-electron chi connectivity index (χ3n) is 1.82. The number of aromatic nitrogens is 1. The summed E-state index contributed by atoms with van der Waals surface area (Å²) < 4.78 is 5.19. The molecule has 0 unspecified atom stereocenters. The summed E-state index contributed by atoms with van der Waals surface area (Å²) in [5.41, 5.74) is 0.711. The van der Waals surface area contributed by atoms with Gasteiger partial charge in [-0.1, -0.05) is 0 Å². The number of carboxylic acids is 1. The van der Waals surface area contributed by atoms with Crippen molar-refractivity contribution in [2.45, 2.75) is 13.3 Å². The molecule has 1 aromatic rings. The van der Waals surface area contributed by atoms with E-state index in [0.717, 1.165) is 0 Å². The average Bonchev–Trinajstić information content (AvgIpc) is 2.17. The van der Waals surface area contributed by atoms with Crippen molar-refractivity contribution in [1.29, 1.82) is 0 Å². The smallest absolute Gasteiger partial charge is 0.341 e. The van der Waals surface area contributed by atoms with Crippen molar-refractivity contribution >= 4 is 5.97 Å². The first-order valence-electron chi connectivity index (χ1n) is 4.42. The molecule has 4 heteroatoms. The van der Waals surface area contributed by atoms with Crippen molar-refractivity contribution < 1.29 is 14.6 Å². The number of pyridine rings is 1. The molecule has 1 N–H and O–H groups in total. The van der Waals surface area contributed by atoms with Crippen molar-refractivity contribution in [1.82, 2.24) is 4.98 Å². The summed E-state index contributed by atoms with van der Waals surface area (Å²) in [5.74, 6) is 1.48. The summed E-state index contributed by atoms with van der Waals surface area (Å²) in [6, 6.07) is 1.62. The first-order valence-corrected chi connectivity index (χ1v) is 4.42. The third-order valence-corrected chi connectivity index (χ3v) is 1.82. The highest BCUT2D eigenvalue weighted by Gasteiger charge is 2.15. The highest BCUT2D eigenvalue weighted by molar-refractivity contribution is 5.91. The van der Waals surface area contributed by atoms with Crippen LogP contribution in [0.25, 0.3) is 0 Å². The molecule has 0 radical (unpaired) electrons. The number of hydrogen-bond acceptors (Lipinski definition) is 3. The molecule has 4 nitrogen and oxygen atoms in total. The maximum absolute atomic E-state index is 10.9. The van der Waals surface area contributed by atoms with Crippen LogP contribution in [0.1, 0.15) is 22.3 Å². The summed E-state index contributed by atoms with van der Waals surface area (Å²) in [4.78, 5) is 14.8. The predicted octanol–water partition coefficient (Wildman–Crippen LogP) is 1.49. The Balaban J connectivity index is 2.92. The summed E-state index contributed by atoms with van der Waals surface area (Å²) in [6.45, 7) is 1.96. The van der Waals surface area contributed by atoms with Crippen LogP contribution in [0.4, 0.5) is 0 Å². The van der Waals surface area contributed by atoms with Crippen LogP contribution in [0.3, 0.4) is 0 Å². The summed E-state index contributed by atoms with van der Waals surface area (Å²) >= 11 is 0. The topological polar surface area (TPSA) is 59.4 Å². The molecule has 0 aliphatic carbocycles. The molecular formula is C11H11NO3. The lowest BCUT2D eigenvalue weighted by atomic mass is 10.1. The van der Waals surface area contributed by atoms with Gasteiger partial charge in [-0.3, -0.25) is 0 Å². The van der Waals surface area contributed by atoms with Crippen LogP contribution in [-0.2, 0) is 0 Å². The van der Waals surface area contributed by atoms with E-state index in [1.54, 1.807) is 13.0 Å². The van der Waals surface area contributed by atoms with Crippen LogP contribution in [0.5, 0.6) is 5.88 Å². The maximum Gasteiger partial charge on any atom is 0.341 e. The van der Waals surface area contributed by atoms with Gasteiger partial charge in [0.15, 0.2) is 0 Å². The fourth-order valence-corrected chi connectivity index (χ4v) is 1.11. The van der Waals surface area contributed by atoms with Crippen molar-refractivity contribution in [2.24, 2.45) is 0 Å². The van der Waals surface area contributed by atoms with Crippen LogP contribution < -0.4 is 4.74 Å². The van der Waals surface area contributed by atoms with E-state index >= 15 is 0 Å². The molecule has 0 aliphatic heterocycles. The Labute approximate surface area is 87.9 Å². The Kier molecular flexibility index (Phi) is 3.69. The molecule has 0 fully saturated rings. The van der Waals surface area contributed by atoms with Gasteiger partial charge in [0.05, 0.1) is 0 Å². The lowest BCUT2D eigenvalue weighted by Crippen LogP contribution is -2.07. The van der Waals surface area contributed by atoms with Crippen molar-refractivity contribution in [3.8, 4) is 18.2 Å². The zero-order valence-electron chi connectivity index (χ0n) is 8.36. The first kappa shape index (κ1) is 11.1. The van der Waals surface area contributed by atoms with Gasteiger partial charge in [-0.25, -0.2) is 9.78 Å². The van der Waals surface area contributed by atoms with E-state index in [1.165, 1.54) is 6.20 Å². The Hall–Kier alpha value is -2.02. The zero-order valence-corrected chi connectivity index (χ0v) is 8.36. The minimum absolute atomic E-state index is 0.0921. The maximum atomic E-state index is 10.9. The molecule has 0 aromatic carbocycles. The molecule has 0 aliphatic rings. The number of terminal acetylenes is 1. The van der Waals surface area contributed by atoms with Crippen LogP contribution in [0, 0.1) is 19.3 Å². The van der Waals surface area contributed by atoms with Gasteiger partial charge in [-0.05, 0) is 18.6 Å². The summed E-state index contributed by atoms with van der Waals surface area (Å²) in [6.07, 6.45) is 6.99. The van der Waals surface area contributed by atoms with Gasteiger partial charge in [0, 0.05) is 12.6 Å². The molecule has 1 heterocycles. The normalized spacial score (nSPS) is 9.33. The van der Waals surface area contributed by atoms with Crippen molar-refractivity contribution in [2.75, 3.05) is 6.61 Å². The zero-order chi connectivity index (χ0) is 11.3. The van der Waals surface area contributed by atoms with E-state index in [-0.39, 0.29) is 18.1 Å². The molecule has 1 rings (SSSR count). The lowest BCUT2D eigenvalue weighted by molar-refractivity contribution is 0.0690. The monoisotopic (exact) mass is 205 g/mol. The number of ether oxygens (including phenoxy) is 1. The molecular weight excluding hydrogens is 194 g/mol. The Morgan fingerprint density at radius 1 is 1.73 bits per heavy atom. The Morgan fingerprint density at radius 3 is 3.07 bits per heavy atom. The number of carboxylic acid groups (broad SMARTS) is 1. The van der Waals surface area contributed by atoms with Crippen LogP contribution in [0.15, 0.2) is 12.3 Å².